The van der Waals surface area contributed by atoms with Crippen molar-refractivity contribution in [3.8, 4) is 5.75 Å². The fourth-order valence-electron chi connectivity index (χ4n) is 4.15. The Balaban J connectivity index is 1.52. The number of sulfonamides is 1. The van der Waals surface area contributed by atoms with Crippen LogP contribution < -0.4 is 19.3 Å². The van der Waals surface area contributed by atoms with Gasteiger partial charge in [-0.3, -0.25) is 9.10 Å². The summed E-state index contributed by atoms with van der Waals surface area (Å²) in [6, 6.07) is 21.5. The lowest BCUT2D eigenvalue weighted by atomic mass is 10.2. The molecule has 0 bridgehead atoms. The van der Waals surface area contributed by atoms with Crippen LogP contribution in [0.15, 0.2) is 82.6 Å². The van der Waals surface area contributed by atoms with Gasteiger partial charge in [-0.25, -0.2) is 8.42 Å². The van der Waals surface area contributed by atoms with E-state index in [4.69, 9.17) is 9.47 Å². The molecule has 3 aromatic carbocycles. The molecule has 0 radical (unpaired) electrons. The van der Waals surface area contributed by atoms with Crippen LogP contribution in [0.5, 0.6) is 5.75 Å². The number of morpholine rings is 1. The highest BCUT2D eigenvalue weighted by Crippen LogP contribution is 2.33. The third-order valence-electron chi connectivity index (χ3n) is 6.17. The molecule has 1 fully saturated rings. The Morgan fingerprint density at radius 3 is 2.37 bits per heavy atom. The molecule has 1 aliphatic heterocycles. The third kappa shape index (κ3) is 6.80. The molecular weight excluding hydrogens is 522 g/mol. The second-order valence-electron chi connectivity index (χ2n) is 8.63. The van der Waals surface area contributed by atoms with Crippen molar-refractivity contribution in [3.63, 3.8) is 0 Å². The topological polar surface area (TPSA) is 88.2 Å². The van der Waals surface area contributed by atoms with E-state index >= 15 is 0 Å². The monoisotopic (exact) mass is 555 g/mol. The Morgan fingerprint density at radius 1 is 1.03 bits per heavy atom. The first-order valence-corrected chi connectivity index (χ1v) is 15.2. The van der Waals surface area contributed by atoms with Crippen LogP contribution in [0.4, 0.5) is 11.4 Å². The highest BCUT2D eigenvalue weighted by Gasteiger charge is 2.29. The maximum atomic E-state index is 13.8. The zero-order valence-corrected chi connectivity index (χ0v) is 23.3. The number of nitrogens with one attached hydrogen (secondary N) is 1. The fourth-order valence-corrected chi connectivity index (χ4v) is 5.99. The summed E-state index contributed by atoms with van der Waals surface area (Å²) < 4.78 is 39.7. The van der Waals surface area contributed by atoms with E-state index in [2.05, 4.69) is 10.2 Å². The summed E-state index contributed by atoms with van der Waals surface area (Å²) >= 11 is 1.53. The van der Waals surface area contributed by atoms with E-state index in [1.165, 1.54) is 11.8 Å². The Morgan fingerprint density at radius 2 is 1.71 bits per heavy atom. The van der Waals surface area contributed by atoms with E-state index in [1.807, 2.05) is 37.4 Å². The zero-order valence-electron chi connectivity index (χ0n) is 21.6. The van der Waals surface area contributed by atoms with Crippen LogP contribution in [0.2, 0.25) is 0 Å². The van der Waals surface area contributed by atoms with Gasteiger partial charge in [0.2, 0.25) is 5.91 Å². The molecule has 0 saturated carbocycles. The van der Waals surface area contributed by atoms with Gasteiger partial charge in [0.15, 0.2) is 0 Å². The van der Waals surface area contributed by atoms with Gasteiger partial charge in [-0.05, 0) is 67.3 Å². The number of carbonyl (C=O) groups excluding carboxylic acids is 1. The number of nitrogens with zero attached hydrogens (tertiary/aromatic N) is 2. The summed E-state index contributed by atoms with van der Waals surface area (Å²) in [5.41, 5.74) is 2.35. The summed E-state index contributed by atoms with van der Waals surface area (Å²) in [6.07, 6.45) is 1.93. The third-order valence-corrected chi connectivity index (χ3v) is 8.69. The maximum absolute atomic E-state index is 13.8. The number of benzene rings is 3. The van der Waals surface area contributed by atoms with Gasteiger partial charge < -0.3 is 19.7 Å². The van der Waals surface area contributed by atoms with Gasteiger partial charge >= 0.3 is 0 Å². The first kappa shape index (κ1) is 27.8. The molecule has 1 amide bonds. The normalized spacial score (nSPS) is 13.7. The molecule has 1 heterocycles. The number of hydrogen-bond acceptors (Lipinski definition) is 7. The number of ether oxygens (including phenoxy) is 2. The molecule has 0 unspecified atom stereocenters. The smallest absolute Gasteiger partial charge is 0.264 e. The van der Waals surface area contributed by atoms with Crippen molar-refractivity contribution in [2.24, 2.45) is 0 Å². The van der Waals surface area contributed by atoms with Crippen molar-refractivity contribution < 1.29 is 22.7 Å². The molecule has 3 aromatic rings. The van der Waals surface area contributed by atoms with E-state index in [9.17, 15) is 13.2 Å². The van der Waals surface area contributed by atoms with E-state index in [1.54, 1.807) is 48.5 Å². The number of amides is 1. The molecule has 38 heavy (non-hydrogen) atoms. The van der Waals surface area contributed by atoms with Crippen LogP contribution in [0.1, 0.15) is 12.5 Å². The number of para-hydroxylation sites is 2. The Labute approximate surface area is 229 Å². The van der Waals surface area contributed by atoms with E-state index in [-0.39, 0.29) is 18.0 Å². The summed E-state index contributed by atoms with van der Waals surface area (Å²) in [7, 11) is -4.05. The van der Waals surface area contributed by atoms with Gasteiger partial charge in [0.1, 0.15) is 12.3 Å². The van der Waals surface area contributed by atoms with Crippen LogP contribution in [-0.4, -0.2) is 60.0 Å². The zero-order chi connectivity index (χ0) is 27.0. The summed E-state index contributed by atoms with van der Waals surface area (Å²) in [5.74, 6) is -0.0244. The minimum absolute atomic E-state index is 0.105. The molecule has 0 aliphatic carbocycles. The Kier molecular flexibility index (Phi) is 9.54. The largest absolute Gasteiger partial charge is 0.492 e. The molecule has 1 aliphatic rings. The second kappa shape index (κ2) is 13.0. The predicted octanol–water partition coefficient (Wildman–Crippen LogP) is 4.16. The Bertz CT molecular complexity index is 1310. The van der Waals surface area contributed by atoms with Crippen molar-refractivity contribution in [2.75, 3.05) is 54.9 Å². The number of hydrogen-bond donors (Lipinski definition) is 1. The Hall–Kier alpha value is -3.21. The van der Waals surface area contributed by atoms with E-state index in [0.29, 0.717) is 31.3 Å². The maximum Gasteiger partial charge on any atom is 0.264 e. The molecule has 10 heteroatoms. The van der Waals surface area contributed by atoms with Crippen LogP contribution in [-0.2, 0) is 26.1 Å². The van der Waals surface area contributed by atoms with Crippen molar-refractivity contribution in [1.82, 2.24) is 5.32 Å². The molecule has 0 spiro atoms. The average Bonchev–Trinajstić information content (AvgIpc) is 2.96. The molecule has 1 saturated heterocycles. The van der Waals surface area contributed by atoms with Crippen molar-refractivity contribution >= 4 is 39.1 Å². The van der Waals surface area contributed by atoms with Gasteiger partial charge in [0, 0.05) is 30.2 Å². The molecule has 1 N–H and O–H groups in total. The average molecular weight is 556 g/mol. The molecule has 4 rings (SSSR count). The lowest BCUT2D eigenvalue weighted by Gasteiger charge is -2.29. The second-order valence-corrected chi connectivity index (χ2v) is 11.4. The quantitative estimate of drug-likeness (QED) is 0.356. The molecule has 0 aromatic heterocycles. The van der Waals surface area contributed by atoms with Crippen molar-refractivity contribution in [3.05, 3.63) is 78.4 Å². The van der Waals surface area contributed by atoms with Gasteiger partial charge in [-0.2, -0.15) is 0 Å². The van der Waals surface area contributed by atoms with E-state index in [0.717, 1.165) is 33.5 Å². The van der Waals surface area contributed by atoms with Gasteiger partial charge in [-0.15, -0.1) is 11.8 Å². The fraction of sp³-hybridized carbons (Fsp3) is 0.321. The van der Waals surface area contributed by atoms with Gasteiger partial charge in [0.05, 0.1) is 30.4 Å². The van der Waals surface area contributed by atoms with Crippen LogP contribution in [0.3, 0.4) is 0 Å². The lowest BCUT2D eigenvalue weighted by Crippen LogP contribution is -2.41. The number of thioether (sulfide) groups is 1. The molecule has 8 nitrogen and oxygen atoms in total. The van der Waals surface area contributed by atoms with E-state index < -0.39 is 15.9 Å². The standard InChI is InChI=1S/C28H33N3O5S2/c1-3-36-27-7-5-4-6-26(27)31(38(33,34)25-14-12-24(37-2)13-15-25)21-28(32)29-20-22-8-10-23(11-9-22)30-16-18-35-19-17-30/h4-15H,3,16-21H2,1-2H3,(H,29,32). The highest BCUT2D eigenvalue weighted by atomic mass is 32.2. The number of carbonyl (C=O) groups is 1. The molecule has 0 atom stereocenters. The minimum Gasteiger partial charge on any atom is -0.492 e. The van der Waals surface area contributed by atoms with Crippen LogP contribution in [0.25, 0.3) is 0 Å². The summed E-state index contributed by atoms with van der Waals surface area (Å²) in [4.78, 5) is 16.4. The predicted molar refractivity (Wildman–Crippen MR) is 152 cm³/mol. The minimum atomic E-state index is -4.05. The summed E-state index contributed by atoms with van der Waals surface area (Å²) in [6.45, 7) is 5.21. The first-order chi connectivity index (χ1) is 18.4. The van der Waals surface area contributed by atoms with Crippen LogP contribution in [0, 0.1) is 0 Å². The first-order valence-electron chi connectivity index (χ1n) is 12.5. The highest BCUT2D eigenvalue weighted by molar-refractivity contribution is 7.98. The lowest BCUT2D eigenvalue weighted by molar-refractivity contribution is -0.119. The number of rotatable bonds is 11. The number of anilines is 2. The molecule has 202 valence electrons. The molecular formula is C28H33N3O5S2. The van der Waals surface area contributed by atoms with Crippen LogP contribution >= 0.6 is 11.8 Å². The van der Waals surface area contributed by atoms with Crippen molar-refractivity contribution in [1.29, 1.82) is 0 Å². The SMILES string of the molecule is CCOc1ccccc1N(CC(=O)NCc1ccc(N2CCOCC2)cc1)S(=O)(=O)c1ccc(SC)cc1. The van der Waals surface area contributed by atoms with Gasteiger partial charge in [0.25, 0.3) is 10.0 Å². The van der Waals surface area contributed by atoms with Gasteiger partial charge in [-0.1, -0.05) is 24.3 Å². The summed E-state index contributed by atoms with van der Waals surface area (Å²) in [5, 5.41) is 2.87. The van der Waals surface area contributed by atoms with Crippen molar-refractivity contribution in [2.45, 2.75) is 23.3 Å².